The van der Waals surface area contributed by atoms with Crippen LogP contribution in [0.15, 0.2) is 53.1 Å². The molecule has 1 amide bonds. The Morgan fingerprint density at radius 3 is 2.74 bits per heavy atom. The summed E-state index contributed by atoms with van der Waals surface area (Å²) in [5.41, 5.74) is 0.0270. The second-order valence-corrected chi connectivity index (χ2v) is 6.53. The molecule has 2 fully saturated rings. The second-order valence-electron chi connectivity index (χ2n) is 6.14. The van der Waals surface area contributed by atoms with Crippen molar-refractivity contribution in [2.75, 3.05) is 25.0 Å². The van der Waals surface area contributed by atoms with E-state index in [1.54, 1.807) is 11.2 Å². The fourth-order valence-corrected chi connectivity index (χ4v) is 4.01. The summed E-state index contributed by atoms with van der Waals surface area (Å²) in [6.07, 6.45) is 1.65. The van der Waals surface area contributed by atoms with Gasteiger partial charge in [-0.2, -0.15) is 0 Å². The van der Waals surface area contributed by atoms with Gasteiger partial charge in [0.2, 0.25) is 0 Å². The Hall–Kier alpha value is -2.18. The molecule has 3 heterocycles. The van der Waals surface area contributed by atoms with Crippen molar-refractivity contribution >= 4 is 28.9 Å². The summed E-state index contributed by atoms with van der Waals surface area (Å²) in [7, 11) is 2.01. The summed E-state index contributed by atoms with van der Waals surface area (Å²) < 4.78 is 5.60. The number of carbonyl (C=O) groups is 1. The van der Waals surface area contributed by atoms with Gasteiger partial charge in [0.1, 0.15) is 11.3 Å². The van der Waals surface area contributed by atoms with Gasteiger partial charge >= 0.3 is 0 Å². The minimum absolute atomic E-state index is 0.0144. The standard InChI is InChI=1S/C17H17N3O2S/c1-19-10-13(14-8-5-9-22-14)17(11-19)15(21)20(16(23)18-17)12-6-3-2-4-7-12/h2-9,13H,10-11H2,1H3,(H,18,23)/t13-,17+/m1/s1. The van der Waals surface area contributed by atoms with Crippen molar-refractivity contribution in [2.45, 2.75) is 11.5 Å². The van der Waals surface area contributed by atoms with Gasteiger partial charge in [-0.15, -0.1) is 0 Å². The number of likely N-dealkylation sites (N-methyl/N-ethyl adjacent to an activating group) is 1. The van der Waals surface area contributed by atoms with Gasteiger partial charge in [0.15, 0.2) is 5.11 Å². The van der Waals surface area contributed by atoms with Crippen LogP contribution in [0.25, 0.3) is 0 Å². The molecule has 4 rings (SSSR count). The number of amides is 1. The fraction of sp³-hybridized carbons (Fsp3) is 0.294. The topological polar surface area (TPSA) is 48.7 Å². The number of nitrogens with one attached hydrogen (secondary N) is 1. The third-order valence-corrected chi connectivity index (χ3v) is 4.91. The summed E-state index contributed by atoms with van der Waals surface area (Å²) in [4.78, 5) is 17.0. The summed E-state index contributed by atoms with van der Waals surface area (Å²) in [5.74, 6) is 0.731. The Morgan fingerprint density at radius 2 is 2.04 bits per heavy atom. The van der Waals surface area contributed by atoms with Gasteiger partial charge in [0.05, 0.1) is 17.9 Å². The van der Waals surface area contributed by atoms with Gasteiger partial charge in [0, 0.05) is 13.1 Å². The summed E-state index contributed by atoms with van der Waals surface area (Å²) in [6, 6.07) is 13.3. The highest BCUT2D eigenvalue weighted by Crippen LogP contribution is 2.41. The first-order chi connectivity index (χ1) is 11.1. The summed E-state index contributed by atoms with van der Waals surface area (Å²) in [6.45, 7) is 1.35. The van der Waals surface area contributed by atoms with Crippen LogP contribution >= 0.6 is 12.2 Å². The smallest absolute Gasteiger partial charge is 0.261 e. The lowest BCUT2D eigenvalue weighted by Gasteiger charge is -2.26. The Balaban J connectivity index is 1.76. The number of hydrogen-bond acceptors (Lipinski definition) is 4. The molecule has 2 aliphatic rings. The highest BCUT2D eigenvalue weighted by Gasteiger charge is 2.59. The van der Waals surface area contributed by atoms with Crippen LogP contribution < -0.4 is 10.2 Å². The molecule has 2 saturated heterocycles. The number of anilines is 1. The number of carbonyl (C=O) groups excluding carboxylic acids is 1. The molecule has 6 heteroatoms. The number of nitrogens with zero attached hydrogens (tertiary/aromatic N) is 2. The normalized spacial score (nSPS) is 27.9. The lowest BCUT2D eigenvalue weighted by molar-refractivity contribution is -0.122. The molecule has 0 bridgehead atoms. The van der Waals surface area contributed by atoms with E-state index in [9.17, 15) is 4.79 Å². The molecule has 2 aliphatic heterocycles. The van der Waals surface area contributed by atoms with Crippen molar-refractivity contribution in [3.05, 3.63) is 54.5 Å². The van der Waals surface area contributed by atoms with Crippen LogP contribution in [0, 0.1) is 0 Å². The van der Waals surface area contributed by atoms with E-state index in [1.807, 2.05) is 49.5 Å². The zero-order valence-corrected chi connectivity index (χ0v) is 13.5. The predicted octanol–water partition coefficient (Wildman–Crippen LogP) is 1.97. The maximum atomic E-state index is 13.3. The van der Waals surface area contributed by atoms with Crippen LogP contribution in [0.5, 0.6) is 0 Å². The molecule has 118 valence electrons. The van der Waals surface area contributed by atoms with Crippen molar-refractivity contribution in [2.24, 2.45) is 0 Å². The minimum Gasteiger partial charge on any atom is -0.469 e. The van der Waals surface area contributed by atoms with Gasteiger partial charge < -0.3 is 14.6 Å². The van der Waals surface area contributed by atoms with Crippen LogP contribution in [0.3, 0.4) is 0 Å². The SMILES string of the molecule is CN1C[C@H](c2ccco2)[C@]2(C1)NC(=S)N(c1ccccc1)C2=O. The van der Waals surface area contributed by atoms with E-state index in [0.717, 1.165) is 18.0 Å². The van der Waals surface area contributed by atoms with Gasteiger partial charge in [-0.1, -0.05) is 18.2 Å². The maximum Gasteiger partial charge on any atom is 0.261 e. The van der Waals surface area contributed by atoms with E-state index >= 15 is 0 Å². The van der Waals surface area contributed by atoms with Crippen LogP contribution in [0.4, 0.5) is 5.69 Å². The van der Waals surface area contributed by atoms with E-state index < -0.39 is 5.54 Å². The predicted molar refractivity (Wildman–Crippen MR) is 91.3 cm³/mol. The molecule has 5 nitrogen and oxygen atoms in total. The Labute approximate surface area is 139 Å². The molecule has 1 aromatic carbocycles. The lowest BCUT2D eigenvalue weighted by atomic mass is 9.85. The van der Waals surface area contributed by atoms with Crippen molar-refractivity contribution < 1.29 is 9.21 Å². The first-order valence-corrected chi connectivity index (χ1v) is 7.96. The van der Waals surface area contributed by atoms with Crippen molar-refractivity contribution in [3.63, 3.8) is 0 Å². The van der Waals surface area contributed by atoms with Crippen molar-refractivity contribution in [1.82, 2.24) is 10.2 Å². The Kier molecular flexibility index (Phi) is 3.25. The molecule has 0 saturated carbocycles. The minimum atomic E-state index is -0.764. The Bertz CT molecular complexity index is 746. The molecular formula is C17H17N3O2S. The van der Waals surface area contributed by atoms with E-state index in [1.165, 1.54) is 0 Å². The quantitative estimate of drug-likeness (QED) is 0.855. The summed E-state index contributed by atoms with van der Waals surface area (Å²) >= 11 is 5.47. The number of benzene rings is 1. The van der Waals surface area contributed by atoms with Crippen LogP contribution in [0.1, 0.15) is 11.7 Å². The molecule has 2 atom stereocenters. The maximum absolute atomic E-state index is 13.3. The molecule has 23 heavy (non-hydrogen) atoms. The van der Waals surface area contributed by atoms with E-state index in [0.29, 0.717) is 11.7 Å². The largest absolute Gasteiger partial charge is 0.469 e. The molecule has 2 aromatic rings. The number of furan rings is 1. The van der Waals surface area contributed by atoms with Crippen molar-refractivity contribution in [1.29, 1.82) is 0 Å². The van der Waals surface area contributed by atoms with E-state index in [4.69, 9.17) is 16.6 Å². The fourth-order valence-electron chi connectivity index (χ4n) is 3.64. The molecule has 0 aliphatic carbocycles. The van der Waals surface area contributed by atoms with Crippen LogP contribution in [0.2, 0.25) is 0 Å². The monoisotopic (exact) mass is 327 g/mol. The number of likely N-dealkylation sites (tertiary alicyclic amines) is 1. The average Bonchev–Trinajstić information content (AvgIpc) is 3.21. The number of thiocarbonyl (C=S) groups is 1. The van der Waals surface area contributed by atoms with Crippen molar-refractivity contribution in [3.8, 4) is 0 Å². The zero-order valence-electron chi connectivity index (χ0n) is 12.7. The summed E-state index contributed by atoms with van der Waals surface area (Å²) in [5, 5.41) is 3.75. The molecule has 1 N–H and O–H groups in total. The molecular weight excluding hydrogens is 310 g/mol. The highest BCUT2D eigenvalue weighted by atomic mass is 32.1. The third-order valence-electron chi connectivity index (χ3n) is 4.63. The van der Waals surface area contributed by atoms with Gasteiger partial charge in [-0.25, -0.2) is 0 Å². The van der Waals surface area contributed by atoms with Gasteiger partial charge in [-0.3, -0.25) is 9.69 Å². The van der Waals surface area contributed by atoms with Crippen LogP contribution in [-0.4, -0.2) is 41.6 Å². The van der Waals surface area contributed by atoms with E-state index in [-0.39, 0.29) is 11.8 Å². The number of rotatable bonds is 2. The van der Waals surface area contributed by atoms with Crippen LogP contribution in [-0.2, 0) is 4.79 Å². The zero-order chi connectivity index (χ0) is 16.0. The molecule has 0 radical (unpaired) electrons. The lowest BCUT2D eigenvalue weighted by Crippen LogP contribution is -2.52. The van der Waals surface area contributed by atoms with Gasteiger partial charge in [0.25, 0.3) is 5.91 Å². The highest BCUT2D eigenvalue weighted by molar-refractivity contribution is 7.80. The first kappa shape index (κ1) is 14.4. The third kappa shape index (κ3) is 2.09. The van der Waals surface area contributed by atoms with Gasteiger partial charge in [-0.05, 0) is 43.5 Å². The molecule has 1 spiro atoms. The average molecular weight is 327 g/mol. The number of para-hydroxylation sites is 1. The molecule has 0 unspecified atom stereocenters. The number of hydrogen-bond donors (Lipinski definition) is 1. The molecule has 1 aromatic heterocycles. The second kappa shape index (κ2) is 5.18. The Morgan fingerprint density at radius 1 is 1.26 bits per heavy atom. The van der Waals surface area contributed by atoms with E-state index in [2.05, 4.69) is 10.2 Å². The first-order valence-electron chi connectivity index (χ1n) is 7.55.